The van der Waals surface area contributed by atoms with Gasteiger partial charge in [-0.2, -0.15) is 0 Å². The lowest BCUT2D eigenvalue weighted by Gasteiger charge is -2.23. The third-order valence-corrected chi connectivity index (χ3v) is 3.90. The fourth-order valence-electron chi connectivity index (χ4n) is 2.13. The van der Waals surface area contributed by atoms with Gasteiger partial charge in [0.15, 0.2) is 0 Å². The lowest BCUT2D eigenvalue weighted by Crippen LogP contribution is -2.48. The van der Waals surface area contributed by atoms with Crippen molar-refractivity contribution in [1.29, 1.82) is 0 Å². The fraction of sp³-hybridized carbons (Fsp3) is 0.556. The normalized spacial score (nSPS) is 11.4. The molecule has 0 aliphatic rings. The first-order chi connectivity index (χ1) is 10.7. The number of aryl methyl sites for hydroxylation is 1. The van der Waals surface area contributed by atoms with E-state index >= 15 is 0 Å². The largest absolute Gasteiger partial charge is 0.355 e. The van der Waals surface area contributed by atoms with Crippen molar-refractivity contribution in [3.05, 3.63) is 35.4 Å². The SMILES string of the molecule is Cc1ccccc1CNC(=O)C(C)(C)C(=O)NCCCN(C)C. The van der Waals surface area contributed by atoms with Crippen LogP contribution in [0, 0.1) is 12.3 Å². The van der Waals surface area contributed by atoms with Crippen molar-refractivity contribution in [2.75, 3.05) is 27.2 Å². The topological polar surface area (TPSA) is 61.4 Å². The van der Waals surface area contributed by atoms with Gasteiger partial charge in [-0.3, -0.25) is 9.59 Å². The summed E-state index contributed by atoms with van der Waals surface area (Å²) in [4.78, 5) is 26.7. The lowest BCUT2D eigenvalue weighted by atomic mass is 9.91. The molecule has 0 radical (unpaired) electrons. The first-order valence-corrected chi connectivity index (χ1v) is 8.01. The second kappa shape index (κ2) is 8.67. The third-order valence-electron chi connectivity index (χ3n) is 3.90. The molecule has 2 N–H and O–H groups in total. The maximum atomic E-state index is 12.4. The number of rotatable bonds is 8. The van der Waals surface area contributed by atoms with Crippen molar-refractivity contribution in [2.24, 2.45) is 5.41 Å². The number of hydrogen-bond donors (Lipinski definition) is 2. The Morgan fingerprint density at radius 3 is 2.30 bits per heavy atom. The van der Waals surface area contributed by atoms with Gasteiger partial charge in [0.2, 0.25) is 11.8 Å². The number of carbonyl (C=O) groups excluding carboxylic acids is 2. The van der Waals surface area contributed by atoms with Gasteiger partial charge >= 0.3 is 0 Å². The molecule has 0 unspecified atom stereocenters. The van der Waals surface area contributed by atoms with Crippen LogP contribution < -0.4 is 10.6 Å². The highest BCUT2D eigenvalue weighted by Gasteiger charge is 2.35. The Balaban J connectivity index is 2.49. The average molecular weight is 319 g/mol. The van der Waals surface area contributed by atoms with E-state index in [1.54, 1.807) is 13.8 Å². The number of carbonyl (C=O) groups is 2. The predicted octanol–water partition coefficient (Wildman–Crippen LogP) is 1.71. The van der Waals surface area contributed by atoms with Crippen LogP contribution in [0.3, 0.4) is 0 Å². The highest BCUT2D eigenvalue weighted by molar-refractivity contribution is 6.04. The number of nitrogens with zero attached hydrogens (tertiary/aromatic N) is 1. The second-order valence-corrected chi connectivity index (χ2v) is 6.65. The molecule has 0 aliphatic carbocycles. The van der Waals surface area contributed by atoms with Crippen LogP contribution in [-0.2, 0) is 16.1 Å². The summed E-state index contributed by atoms with van der Waals surface area (Å²) in [5.74, 6) is -0.496. The molecule has 0 saturated carbocycles. The monoisotopic (exact) mass is 319 g/mol. The number of nitrogens with one attached hydrogen (secondary N) is 2. The minimum absolute atomic E-state index is 0.237. The minimum Gasteiger partial charge on any atom is -0.355 e. The van der Waals surface area contributed by atoms with Crippen molar-refractivity contribution in [2.45, 2.75) is 33.7 Å². The molecule has 0 bridgehead atoms. The highest BCUT2D eigenvalue weighted by Crippen LogP contribution is 2.16. The van der Waals surface area contributed by atoms with E-state index in [-0.39, 0.29) is 11.8 Å². The van der Waals surface area contributed by atoms with Crippen LogP contribution in [-0.4, -0.2) is 43.9 Å². The summed E-state index contributed by atoms with van der Waals surface area (Å²) in [5.41, 5.74) is 1.10. The van der Waals surface area contributed by atoms with E-state index in [1.807, 2.05) is 45.3 Å². The predicted molar refractivity (Wildman–Crippen MR) is 93.0 cm³/mol. The zero-order chi connectivity index (χ0) is 17.5. The Morgan fingerprint density at radius 2 is 1.70 bits per heavy atom. The van der Waals surface area contributed by atoms with E-state index in [2.05, 4.69) is 15.5 Å². The third kappa shape index (κ3) is 6.02. The Kier molecular flexibility index (Phi) is 7.23. The molecule has 23 heavy (non-hydrogen) atoms. The molecule has 0 saturated heterocycles. The molecule has 1 rings (SSSR count). The van der Waals surface area contributed by atoms with Crippen LogP contribution in [0.5, 0.6) is 0 Å². The molecule has 5 heteroatoms. The maximum absolute atomic E-state index is 12.4. The summed E-state index contributed by atoms with van der Waals surface area (Å²) in [6, 6.07) is 7.89. The van der Waals surface area contributed by atoms with Crippen LogP contribution in [0.1, 0.15) is 31.4 Å². The zero-order valence-electron chi connectivity index (χ0n) is 14.9. The van der Waals surface area contributed by atoms with E-state index < -0.39 is 5.41 Å². The van der Waals surface area contributed by atoms with Crippen LogP contribution in [0.2, 0.25) is 0 Å². The lowest BCUT2D eigenvalue weighted by molar-refractivity contribution is -0.141. The number of amides is 2. The Bertz CT molecular complexity index is 539. The van der Waals surface area contributed by atoms with Crippen molar-refractivity contribution in [3.8, 4) is 0 Å². The summed E-state index contributed by atoms with van der Waals surface area (Å²) in [7, 11) is 3.98. The molecule has 0 aliphatic heterocycles. The van der Waals surface area contributed by atoms with Crippen molar-refractivity contribution >= 4 is 11.8 Å². The molecular formula is C18H29N3O2. The van der Waals surface area contributed by atoms with E-state index in [1.165, 1.54) is 0 Å². The maximum Gasteiger partial charge on any atom is 0.235 e. The molecule has 0 heterocycles. The molecule has 5 nitrogen and oxygen atoms in total. The summed E-state index contributed by atoms with van der Waals surface area (Å²) in [6.45, 7) is 7.22. The van der Waals surface area contributed by atoms with Gasteiger partial charge in [0.1, 0.15) is 5.41 Å². The summed E-state index contributed by atoms with van der Waals surface area (Å²) < 4.78 is 0. The molecule has 1 aromatic rings. The second-order valence-electron chi connectivity index (χ2n) is 6.65. The fourth-order valence-corrected chi connectivity index (χ4v) is 2.13. The van der Waals surface area contributed by atoms with Gasteiger partial charge in [0.05, 0.1) is 0 Å². The van der Waals surface area contributed by atoms with Crippen LogP contribution in [0.4, 0.5) is 0 Å². The van der Waals surface area contributed by atoms with Crippen LogP contribution in [0.15, 0.2) is 24.3 Å². The first kappa shape index (κ1) is 19.2. The van der Waals surface area contributed by atoms with E-state index in [0.717, 1.165) is 24.1 Å². The van der Waals surface area contributed by atoms with Crippen LogP contribution in [0.25, 0.3) is 0 Å². The van der Waals surface area contributed by atoms with Crippen molar-refractivity contribution in [1.82, 2.24) is 15.5 Å². The molecule has 2 amide bonds. The summed E-state index contributed by atoms with van der Waals surface area (Å²) in [5, 5.41) is 5.70. The molecule has 0 aromatic heterocycles. The summed E-state index contributed by atoms with van der Waals surface area (Å²) in [6.07, 6.45) is 0.861. The van der Waals surface area contributed by atoms with Gasteiger partial charge in [0, 0.05) is 13.1 Å². The van der Waals surface area contributed by atoms with Gasteiger partial charge in [-0.1, -0.05) is 24.3 Å². The summed E-state index contributed by atoms with van der Waals surface area (Å²) >= 11 is 0. The Morgan fingerprint density at radius 1 is 1.09 bits per heavy atom. The number of hydrogen-bond acceptors (Lipinski definition) is 3. The molecule has 0 atom stereocenters. The molecular weight excluding hydrogens is 290 g/mol. The average Bonchev–Trinajstić information content (AvgIpc) is 2.49. The van der Waals surface area contributed by atoms with E-state index in [4.69, 9.17) is 0 Å². The smallest absolute Gasteiger partial charge is 0.235 e. The van der Waals surface area contributed by atoms with Crippen molar-refractivity contribution in [3.63, 3.8) is 0 Å². The van der Waals surface area contributed by atoms with E-state index in [0.29, 0.717) is 13.1 Å². The Hall–Kier alpha value is -1.88. The highest BCUT2D eigenvalue weighted by atomic mass is 16.2. The molecule has 0 spiro atoms. The standard InChI is InChI=1S/C18H29N3O2/c1-14-9-6-7-10-15(14)13-20-17(23)18(2,3)16(22)19-11-8-12-21(4)5/h6-7,9-10H,8,11-13H2,1-5H3,(H,19,22)(H,20,23). The Labute approximate surface area is 139 Å². The minimum atomic E-state index is -1.08. The molecule has 0 fully saturated rings. The van der Waals surface area contributed by atoms with Gasteiger partial charge in [0.25, 0.3) is 0 Å². The van der Waals surface area contributed by atoms with Gasteiger partial charge in [-0.25, -0.2) is 0 Å². The molecule has 1 aromatic carbocycles. The number of benzene rings is 1. The van der Waals surface area contributed by atoms with E-state index in [9.17, 15) is 9.59 Å². The van der Waals surface area contributed by atoms with Crippen LogP contribution >= 0.6 is 0 Å². The quantitative estimate of drug-likeness (QED) is 0.566. The first-order valence-electron chi connectivity index (χ1n) is 8.01. The van der Waals surface area contributed by atoms with Gasteiger partial charge < -0.3 is 15.5 Å². The van der Waals surface area contributed by atoms with Crippen molar-refractivity contribution < 1.29 is 9.59 Å². The zero-order valence-corrected chi connectivity index (χ0v) is 14.9. The molecule has 128 valence electrons. The van der Waals surface area contributed by atoms with Gasteiger partial charge in [-0.05, 0) is 59.0 Å². The van der Waals surface area contributed by atoms with Gasteiger partial charge in [-0.15, -0.1) is 0 Å².